The maximum absolute atomic E-state index is 13.6. The van der Waals surface area contributed by atoms with Crippen LogP contribution in [0.1, 0.15) is 37.3 Å². The van der Waals surface area contributed by atoms with Gasteiger partial charge in [-0.2, -0.15) is 0 Å². The van der Waals surface area contributed by atoms with Gasteiger partial charge < -0.3 is 15.0 Å². The van der Waals surface area contributed by atoms with Gasteiger partial charge in [0, 0.05) is 31.0 Å². The van der Waals surface area contributed by atoms with E-state index in [1.54, 1.807) is 41.3 Å². The van der Waals surface area contributed by atoms with Gasteiger partial charge in [-0.05, 0) is 60.4 Å². The van der Waals surface area contributed by atoms with Gasteiger partial charge in [0.05, 0.1) is 16.7 Å². The van der Waals surface area contributed by atoms with Crippen molar-refractivity contribution >= 4 is 46.6 Å². The maximum Gasteiger partial charge on any atom is 0.243 e. The van der Waals surface area contributed by atoms with Crippen molar-refractivity contribution in [2.45, 2.75) is 45.2 Å². The fourth-order valence-electron chi connectivity index (χ4n) is 3.84. The number of carbonyl (C=O) groups excluding carboxylic acids is 2. The molecule has 0 heterocycles. The summed E-state index contributed by atoms with van der Waals surface area (Å²) in [4.78, 5) is 28.5. The molecule has 3 aromatic rings. The topological polar surface area (TPSA) is 58.6 Å². The molecule has 0 aliphatic rings. The second kappa shape index (κ2) is 14.9. The molecule has 0 aliphatic heterocycles. The highest BCUT2D eigenvalue weighted by molar-refractivity contribution is 6.42. The molecule has 8 heteroatoms. The summed E-state index contributed by atoms with van der Waals surface area (Å²) in [5.74, 6) is 0.361. The zero-order valence-corrected chi connectivity index (χ0v) is 23.0. The minimum Gasteiger partial charge on any atom is -0.494 e. The van der Waals surface area contributed by atoms with E-state index in [-0.39, 0.29) is 24.8 Å². The monoisotopic (exact) mass is 560 g/mol. The predicted molar refractivity (Wildman–Crippen MR) is 150 cm³/mol. The number of hydrogen-bond acceptors (Lipinski definition) is 3. The molecule has 3 aromatic carbocycles. The molecule has 0 saturated heterocycles. The SMILES string of the molecule is CCCNC(=O)C(Cc1ccccc1)N(Cc1ccc(Cl)c(Cl)c1)C(=O)CCCOc1ccc(Cl)cc1. The Morgan fingerprint density at radius 3 is 2.32 bits per heavy atom. The number of halogens is 3. The molecule has 196 valence electrons. The molecular formula is C29H31Cl3N2O3. The van der Waals surface area contributed by atoms with Crippen LogP contribution < -0.4 is 10.1 Å². The number of rotatable bonds is 13. The highest BCUT2D eigenvalue weighted by Crippen LogP contribution is 2.25. The summed E-state index contributed by atoms with van der Waals surface area (Å²) in [6.45, 7) is 3.11. The van der Waals surface area contributed by atoms with Crippen LogP contribution in [0, 0.1) is 0 Å². The van der Waals surface area contributed by atoms with Gasteiger partial charge in [0.25, 0.3) is 0 Å². The summed E-state index contributed by atoms with van der Waals surface area (Å²) in [6, 6.07) is 21.3. The van der Waals surface area contributed by atoms with Crippen molar-refractivity contribution in [2.24, 2.45) is 0 Å². The lowest BCUT2D eigenvalue weighted by Gasteiger charge is -2.31. The molecule has 1 N–H and O–H groups in total. The molecule has 37 heavy (non-hydrogen) atoms. The molecule has 0 bridgehead atoms. The van der Waals surface area contributed by atoms with E-state index in [4.69, 9.17) is 39.5 Å². The lowest BCUT2D eigenvalue weighted by Crippen LogP contribution is -2.50. The van der Waals surface area contributed by atoms with Gasteiger partial charge in [0.15, 0.2) is 0 Å². The highest BCUT2D eigenvalue weighted by atomic mass is 35.5. The van der Waals surface area contributed by atoms with Gasteiger partial charge in [-0.25, -0.2) is 0 Å². The lowest BCUT2D eigenvalue weighted by molar-refractivity contribution is -0.141. The summed E-state index contributed by atoms with van der Waals surface area (Å²) < 4.78 is 5.75. The molecule has 0 saturated carbocycles. The molecule has 0 aliphatic carbocycles. The van der Waals surface area contributed by atoms with Crippen LogP contribution in [0.3, 0.4) is 0 Å². The Morgan fingerprint density at radius 2 is 1.65 bits per heavy atom. The van der Waals surface area contributed by atoms with Gasteiger partial charge in [0.1, 0.15) is 11.8 Å². The van der Waals surface area contributed by atoms with Crippen molar-refractivity contribution in [1.29, 1.82) is 0 Å². The van der Waals surface area contributed by atoms with E-state index >= 15 is 0 Å². The van der Waals surface area contributed by atoms with Crippen LogP contribution in [0.2, 0.25) is 15.1 Å². The van der Waals surface area contributed by atoms with E-state index in [0.717, 1.165) is 17.5 Å². The summed E-state index contributed by atoms with van der Waals surface area (Å²) in [6.07, 6.45) is 1.91. The number of benzene rings is 3. The Bertz CT molecular complexity index is 1160. The van der Waals surface area contributed by atoms with Crippen molar-refractivity contribution in [3.8, 4) is 5.75 Å². The van der Waals surface area contributed by atoms with Gasteiger partial charge in [-0.3, -0.25) is 9.59 Å². The van der Waals surface area contributed by atoms with Gasteiger partial charge in [0.2, 0.25) is 11.8 Å². The fourth-order valence-corrected chi connectivity index (χ4v) is 4.29. The van der Waals surface area contributed by atoms with E-state index < -0.39 is 6.04 Å². The van der Waals surface area contributed by atoms with Crippen LogP contribution in [-0.4, -0.2) is 35.9 Å². The quantitative estimate of drug-likeness (QED) is 0.229. The largest absolute Gasteiger partial charge is 0.494 e. The number of nitrogens with one attached hydrogen (secondary N) is 1. The number of ether oxygens (including phenoxy) is 1. The van der Waals surface area contributed by atoms with Crippen LogP contribution in [0.5, 0.6) is 5.75 Å². The van der Waals surface area contributed by atoms with Crippen LogP contribution in [0.4, 0.5) is 0 Å². The molecular weight excluding hydrogens is 531 g/mol. The normalized spacial score (nSPS) is 11.6. The van der Waals surface area contributed by atoms with E-state index in [9.17, 15) is 9.59 Å². The lowest BCUT2D eigenvalue weighted by atomic mass is 10.0. The number of hydrogen-bond donors (Lipinski definition) is 1. The molecule has 5 nitrogen and oxygen atoms in total. The first-order valence-corrected chi connectivity index (χ1v) is 13.4. The van der Waals surface area contributed by atoms with E-state index in [2.05, 4.69) is 5.32 Å². The second-order valence-electron chi connectivity index (χ2n) is 8.67. The van der Waals surface area contributed by atoms with E-state index in [1.807, 2.05) is 43.3 Å². The fraction of sp³-hybridized carbons (Fsp3) is 0.310. The number of carbonyl (C=O) groups is 2. The Hall–Kier alpha value is -2.73. The third-order valence-electron chi connectivity index (χ3n) is 5.77. The average Bonchev–Trinajstić information content (AvgIpc) is 2.90. The van der Waals surface area contributed by atoms with Crippen LogP contribution in [0.25, 0.3) is 0 Å². The molecule has 1 unspecified atom stereocenters. The standard InChI is InChI=1S/C29H31Cl3N2O3/c1-2-16-33-29(36)27(19-21-7-4-3-5-8-21)34(20-22-10-15-25(31)26(32)18-22)28(35)9-6-17-37-24-13-11-23(30)12-14-24/h3-5,7-8,10-15,18,27H,2,6,9,16-17,19-20H2,1H3,(H,33,36). The van der Waals surface area contributed by atoms with Gasteiger partial charge in [-0.1, -0.05) is 78.1 Å². The maximum atomic E-state index is 13.6. The predicted octanol–water partition coefficient (Wildman–Crippen LogP) is 6.97. The second-order valence-corrected chi connectivity index (χ2v) is 9.92. The van der Waals surface area contributed by atoms with Crippen molar-refractivity contribution in [2.75, 3.05) is 13.2 Å². The van der Waals surface area contributed by atoms with Crippen molar-refractivity contribution in [1.82, 2.24) is 10.2 Å². The minimum atomic E-state index is -0.687. The molecule has 1 atom stereocenters. The smallest absolute Gasteiger partial charge is 0.243 e. The Kier molecular flexibility index (Phi) is 11.6. The zero-order valence-electron chi connectivity index (χ0n) is 20.8. The number of nitrogens with zero attached hydrogens (tertiary/aromatic N) is 1. The summed E-state index contributed by atoms with van der Waals surface area (Å²) in [5.41, 5.74) is 1.76. The minimum absolute atomic E-state index is 0.140. The van der Waals surface area contributed by atoms with Crippen LogP contribution in [-0.2, 0) is 22.6 Å². The first-order chi connectivity index (χ1) is 17.9. The molecule has 0 fully saturated rings. The third kappa shape index (κ3) is 9.26. The molecule has 0 radical (unpaired) electrons. The summed E-state index contributed by atoms with van der Waals surface area (Å²) >= 11 is 18.3. The first kappa shape index (κ1) is 28.8. The number of amides is 2. The zero-order chi connectivity index (χ0) is 26.6. The van der Waals surface area contributed by atoms with Crippen molar-refractivity contribution in [3.05, 3.63) is 99.0 Å². The third-order valence-corrected chi connectivity index (χ3v) is 6.77. The Morgan fingerprint density at radius 1 is 0.919 bits per heavy atom. The van der Waals surface area contributed by atoms with Gasteiger partial charge >= 0.3 is 0 Å². The molecule has 2 amide bonds. The first-order valence-electron chi connectivity index (χ1n) is 12.3. The average molecular weight is 562 g/mol. The van der Waals surface area contributed by atoms with Crippen LogP contribution >= 0.6 is 34.8 Å². The van der Waals surface area contributed by atoms with Gasteiger partial charge in [-0.15, -0.1) is 0 Å². The van der Waals surface area contributed by atoms with Crippen molar-refractivity contribution in [3.63, 3.8) is 0 Å². The Balaban J connectivity index is 1.79. The molecule has 3 rings (SSSR count). The van der Waals surface area contributed by atoms with Crippen LogP contribution in [0.15, 0.2) is 72.8 Å². The summed E-state index contributed by atoms with van der Waals surface area (Å²) in [5, 5.41) is 4.44. The molecule has 0 spiro atoms. The molecule has 0 aromatic heterocycles. The Labute approximate surface area is 233 Å². The highest BCUT2D eigenvalue weighted by Gasteiger charge is 2.30. The van der Waals surface area contributed by atoms with E-state index in [1.165, 1.54) is 0 Å². The van der Waals surface area contributed by atoms with Crippen molar-refractivity contribution < 1.29 is 14.3 Å². The summed E-state index contributed by atoms with van der Waals surface area (Å²) in [7, 11) is 0. The van der Waals surface area contributed by atoms with E-state index in [0.29, 0.717) is 46.8 Å².